The number of morpholine rings is 1. The highest BCUT2D eigenvalue weighted by molar-refractivity contribution is 5.74. The number of urea groups is 1. The lowest BCUT2D eigenvalue weighted by Gasteiger charge is -2.26. The monoisotopic (exact) mass is 319 g/mol. The summed E-state index contributed by atoms with van der Waals surface area (Å²) >= 11 is 0. The molecular weight excluding hydrogens is 290 g/mol. The summed E-state index contributed by atoms with van der Waals surface area (Å²) in [5.74, 6) is 0.344. The van der Waals surface area contributed by atoms with Gasteiger partial charge in [-0.3, -0.25) is 4.90 Å². The third-order valence-electron chi connectivity index (χ3n) is 4.15. The predicted octanol–water partition coefficient (Wildman–Crippen LogP) is 2.41. The zero-order chi connectivity index (χ0) is 16.5. The van der Waals surface area contributed by atoms with Crippen molar-refractivity contribution in [2.24, 2.45) is 5.92 Å². The molecule has 1 fully saturated rings. The largest absolute Gasteiger partial charge is 0.379 e. The Bertz CT molecular complexity index is 459. The molecule has 1 saturated heterocycles. The van der Waals surface area contributed by atoms with Gasteiger partial charge in [0.1, 0.15) is 0 Å². The fraction of sp³-hybridized carbons (Fsp3) is 0.611. The number of nitrogens with zero attached hydrogens (tertiary/aromatic N) is 1. The van der Waals surface area contributed by atoms with E-state index in [2.05, 4.69) is 41.5 Å². The molecule has 1 aromatic rings. The Morgan fingerprint density at radius 3 is 2.57 bits per heavy atom. The van der Waals surface area contributed by atoms with E-state index < -0.39 is 0 Å². The lowest BCUT2D eigenvalue weighted by atomic mass is 9.96. The summed E-state index contributed by atoms with van der Waals surface area (Å²) in [7, 11) is 0. The lowest BCUT2D eigenvalue weighted by molar-refractivity contribution is 0.0375. The molecule has 1 aromatic carbocycles. The molecule has 2 N–H and O–H groups in total. The maximum atomic E-state index is 12.1. The second kappa shape index (κ2) is 9.53. The molecule has 0 radical (unpaired) electrons. The second-order valence-electron chi connectivity index (χ2n) is 6.34. The number of ether oxygens (including phenoxy) is 1. The van der Waals surface area contributed by atoms with Crippen molar-refractivity contribution in [2.75, 3.05) is 39.4 Å². The van der Waals surface area contributed by atoms with Gasteiger partial charge in [-0.15, -0.1) is 0 Å². The molecule has 2 amide bonds. The van der Waals surface area contributed by atoms with E-state index in [-0.39, 0.29) is 12.1 Å². The first-order valence-electron chi connectivity index (χ1n) is 8.56. The Hall–Kier alpha value is -1.59. The molecule has 1 heterocycles. The van der Waals surface area contributed by atoms with Crippen LogP contribution in [0.15, 0.2) is 30.3 Å². The maximum Gasteiger partial charge on any atom is 0.315 e. The van der Waals surface area contributed by atoms with Crippen LogP contribution in [0.3, 0.4) is 0 Å². The third kappa shape index (κ3) is 6.20. The van der Waals surface area contributed by atoms with Crippen LogP contribution in [0.1, 0.15) is 31.9 Å². The standard InChI is InChI=1S/C18H29N3O2/c1-15(2)17(16-7-4-3-5-8-16)20-18(22)19-9-6-10-21-11-13-23-14-12-21/h3-5,7-8,15,17H,6,9-14H2,1-2H3,(H2,19,20,22). The average molecular weight is 319 g/mol. The fourth-order valence-corrected chi connectivity index (χ4v) is 2.82. The van der Waals surface area contributed by atoms with Crippen LogP contribution in [-0.4, -0.2) is 50.3 Å². The summed E-state index contributed by atoms with van der Waals surface area (Å²) in [6, 6.07) is 10.1. The zero-order valence-electron chi connectivity index (χ0n) is 14.3. The van der Waals surface area contributed by atoms with E-state index in [9.17, 15) is 4.79 Å². The smallest absolute Gasteiger partial charge is 0.315 e. The number of nitrogens with one attached hydrogen (secondary N) is 2. The number of amides is 2. The summed E-state index contributed by atoms with van der Waals surface area (Å²) in [4.78, 5) is 14.5. The minimum atomic E-state index is -0.0884. The van der Waals surface area contributed by atoms with Gasteiger partial charge in [0.05, 0.1) is 19.3 Å². The molecule has 0 spiro atoms. The Balaban J connectivity index is 1.70. The molecule has 0 saturated carbocycles. The van der Waals surface area contributed by atoms with E-state index in [0.29, 0.717) is 12.5 Å². The van der Waals surface area contributed by atoms with Crippen LogP contribution in [0.5, 0.6) is 0 Å². The molecule has 1 atom stereocenters. The van der Waals surface area contributed by atoms with Crippen molar-refractivity contribution in [2.45, 2.75) is 26.3 Å². The molecule has 5 nitrogen and oxygen atoms in total. The quantitative estimate of drug-likeness (QED) is 0.759. The van der Waals surface area contributed by atoms with Crippen molar-refractivity contribution in [1.29, 1.82) is 0 Å². The number of carbonyl (C=O) groups is 1. The first-order valence-corrected chi connectivity index (χ1v) is 8.56. The van der Waals surface area contributed by atoms with E-state index in [1.54, 1.807) is 0 Å². The molecule has 0 aliphatic carbocycles. The van der Waals surface area contributed by atoms with Gasteiger partial charge >= 0.3 is 6.03 Å². The van der Waals surface area contributed by atoms with Gasteiger partial charge in [0.2, 0.25) is 0 Å². The Labute approximate surface area is 139 Å². The zero-order valence-corrected chi connectivity index (χ0v) is 14.3. The summed E-state index contributed by atoms with van der Waals surface area (Å²) < 4.78 is 5.33. The highest BCUT2D eigenvalue weighted by Crippen LogP contribution is 2.20. The molecule has 1 aliphatic rings. The SMILES string of the molecule is CC(C)C(NC(=O)NCCCN1CCOCC1)c1ccccc1. The number of rotatable bonds is 7. The second-order valence-corrected chi connectivity index (χ2v) is 6.34. The Kier molecular flexibility index (Phi) is 7.36. The van der Waals surface area contributed by atoms with Crippen molar-refractivity contribution in [3.63, 3.8) is 0 Å². The lowest BCUT2D eigenvalue weighted by Crippen LogP contribution is -2.41. The van der Waals surface area contributed by atoms with Crippen LogP contribution >= 0.6 is 0 Å². The number of benzene rings is 1. The molecule has 1 unspecified atom stereocenters. The molecular formula is C18H29N3O2. The summed E-state index contributed by atoms with van der Waals surface area (Å²) in [5, 5.41) is 6.06. The van der Waals surface area contributed by atoms with Crippen molar-refractivity contribution >= 4 is 6.03 Å². The van der Waals surface area contributed by atoms with Crippen molar-refractivity contribution in [3.05, 3.63) is 35.9 Å². The minimum Gasteiger partial charge on any atom is -0.379 e. The number of hydrogen-bond donors (Lipinski definition) is 2. The van der Waals surface area contributed by atoms with Gasteiger partial charge < -0.3 is 15.4 Å². The molecule has 2 rings (SSSR count). The highest BCUT2D eigenvalue weighted by atomic mass is 16.5. The van der Waals surface area contributed by atoms with E-state index in [1.165, 1.54) is 0 Å². The van der Waals surface area contributed by atoms with Crippen LogP contribution in [0.2, 0.25) is 0 Å². The van der Waals surface area contributed by atoms with Gasteiger partial charge in [0.15, 0.2) is 0 Å². The highest BCUT2D eigenvalue weighted by Gasteiger charge is 2.17. The van der Waals surface area contributed by atoms with Gasteiger partial charge in [-0.25, -0.2) is 4.79 Å². The van der Waals surface area contributed by atoms with E-state index >= 15 is 0 Å². The predicted molar refractivity (Wildman–Crippen MR) is 92.4 cm³/mol. The molecule has 0 aromatic heterocycles. The summed E-state index contributed by atoms with van der Waals surface area (Å²) in [6.07, 6.45) is 0.963. The van der Waals surface area contributed by atoms with Crippen LogP contribution in [0, 0.1) is 5.92 Å². The first-order chi connectivity index (χ1) is 11.2. The normalized spacial score (nSPS) is 17.0. The molecule has 1 aliphatic heterocycles. The van der Waals surface area contributed by atoms with Gasteiger partial charge in [0, 0.05) is 19.6 Å². The minimum absolute atomic E-state index is 0.0374. The van der Waals surface area contributed by atoms with Crippen molar-refractivity contribution in [3.8, 4) is 0 Å². The van der Waals surface area contributed by atoms with Crippen LogP contribution in [0.25, 0.3) is 0 Å². The molecule has 23 heavy (non-hydrogen) atoms. The number of hydrogen-bond acceptors (Lipinski definition) is 3. The van der Waals surface area contributed by atoms with Crippen molar-refractivity contribution < 1.29 is 9.53 Å². The Morgan fingerprint density at radius 2 is 1.91 bits per heavy atom. The number of carbonyl (C=O) groups excluding carboxylic acids is 1. The molecule has 0 bridgehead atoms. The van der Waals surface area contributed by atoms with Gasteiger partial charge in [-0.05, 0) is 24.4 Å². The first kappa shape index (κ1) is 17.8. The van der Waals surface area contributed by atoms with Crippen LogP contribution in [-0.2, 0) is 4.74 Å². The Morgan fingerprint density at radius 1 is 1.22 bits per heavy atom. The average Bonchev–Trinajstić information content (AvgIpc) is 2.58. The van der Waals surface area contributed by atoms with Gasteiger partial charge in [0.25, 0.3) is 0 Å². The van der Waals surface area contributed by atoms with Crippen LogP contribution < -0.4 is 10.6 Å². The third-order valence-corrected chi connectivity index (χ3v) is 4.15. The van der Waals surface area contributed by atoms with E-state index in [4.69, 9.17) is 4.74 Å². The topological polar surface area (TPSA) is 53.6 Å². The van der Waals surface area contributed by atoms with Crippen LogP contribution in [0.4, 0.5) is 4.79 Å². The summed E-state index contributed by atoms with van der Waals surface area (Å²) in [5.41, 5.74) is 1.14. The molecule has 5 heteroatoms. The summed E-state index contributed by atoms with van der Waals surface area (Å²) in [6.45, 7) is 9.58. The van der Waals surface area contributed by atoms with Gasteiger partial charge in [-0.2, -0.15) is 0 Å². The van der Waals surface area contributed by atoms with E-state index in [1.807, 2.05) is 18.2 Å². The maximum absolute atomic E-state index is 12.1. The van der Waals surface area contributed by atoms with Crippen molar-refractivity contribution in [1.82, 2.24) is 15.5 Å². The fourth-order valence-electron chi connectivity index (χ4n) is 2.82. The van der Waals surface area contributed by atoms with Gasteiger partial charge in [-0.1, -0.05) is 44.2 Å². The van der Waals surface area contributed by atoms with E-state index in [0.717, 1.165) is 44.8 Å². The molecule has 128 valence electrons.